The molecule has 0 heterocycles. The maximum Gasteiger partial charge on any atom is 0.240 e. The Morgan fingerprint density at radius 1 is 0.850 bits per heavy atom. The molecule has 2 rings (SSSR count). The Kier molecular flexibility index (Phi) is 4.87. The molecule has 2 saturated carbocycles. The first-order chi connectivity index (χ1) is 9.56. The Morgan fingerprint density at radius 3 is 1.50 bits per heavy atom. The molecule has 0 aromatic carbocycles. The second-order valence-corrected chi connectivity index (χ2v) is 5.62. The lowest BCUT2D eigenvalue weighted by molar-refractivity contribution is -0.126. The fourth-order valence-corrected chi connectivity index (χ4v) is 1.82. The van der Waals surface area contributed by atoms with Crippen LogP contribution in [0, 0.1) is 11.8 Å². The van der Waals surface area contributed by atoms with Gasteiger partial charge in [0, 0.05) is 24.3 Å². The van der Waals surface area contributed by atoms with Gasteiger partial charge in [0.15, 0.2) is 0 Å². The summed E-state index contributed by atoms with van der Waals surface area (Å²) in [5, 5.41) is 8.06. The maximum atomic E-state index is 11.5. The van der Waals surface area contributed by atoms with E-state index >= 15 is 0 Å². The van der Waals surface area contributed by atoms with Crippen molar-refractivity contribution in [2.45, 2.75) is 52.4 Å². The van der Waals surface area contributed by atoms with E-state index in [0.717, 1.165) is 37.1 Å². The van der Waals surface area contributed by atoms with Crippen molar-refractivity contribution in [2.75, 3.05) is 0 Å². The third kappa shape index (κ3) is 5.11. The summed E-state index contributed by atoms with van der Waals surface area (Å²) >= 11 is 0. The summed E-state index contributed by atoms with van der Waals surface area (Å²) < 4.78 is 0. The van der Waals surface area contributed by atoms with Crippen molar-refractivity contribution in [3.05, 3.63) is 0 Å². The molecule has 2 fully saturated rings. The van der Waals surface area contributed by atoms with Gasteiger partial charge in [-0.1, -0.05) is 0 Å². The molecule has 0 saturated heterocycles. The summed E-state index contributed by atoms with van der Waals surface area (Å²) in [5.41, 5.74) is 6.90. The van der Waals surface area contributed by atoms with E-state index in [4.69, 9.17) is 0 Å². The number of amides is 2. The van der Waals surface area contributed by atoms with E-state index in [1.165, 1.54) is 0 Å². The predicted molar refractivity (Wildman–Crippen MR) is 77.2 cm³/mol. The van der Waals surface area contributed by atoms with Gasteiger partial charge >= 0.3 is 0 Å². The molecule has 2 amide bonds. The second kappa shape index (κ2) is 6.63. The van der Waals surface area contributed by atoms with E-state index in [1.54, 1.807) is 0 Å². The van der Waals surface area contributed by atoms with Gasteiger partial charge in [-0.15, -0.1) is 0 Å². The van der Waals surface area contributed by atoms with E-state index in [-0.39, 0.29) is 24.7 Å². The third-order valence-electron chi connectivity index (χ3n) is 3.63. The maximum absolute atomic E-state index is 11.5. The van der Waals surface area contributed by atoms with Crippen molar-refractivity contribution < 1.29 is 9.59 Å². The Hall–Kier alpha value is -1.72. The summed E-state index contributed by atoms with van der Waals surface area (Å²) in [7, 11) is 0. The molecular weight excluding hydrogens is 256 g/mol. The molecule has 2 aliphatic carbocycles. The zero-order valence-electron chi connectivity index (χ0n) is 12.1. The lowest BCUT2D eigenvalue weighted by atomic mass is 10.3. The lowest BCUT2D eigenvalue weighted by Gasteiger charge is -2.02. The molecule has 0 aromatic heterocycles. The molecule has 0 atom stereocenters. The Balaban J connectivity index is 1.61. The van der Waals surface area contributed by atoms with Crippen LogP contribution in [0.5, 0.6) is 0 Å². The first-order valence-corrected chi connectivity index (χ1v) is 7.22. The van der Waals surface area contributed by atoms with Crippen LogP contribution in [0.1, 0.15) is 52.4 Å². The first kappa shape index (κ1) is 14.7. The van der Waals surface area contributed by atoms with Crippen molar-refractivity contribution >= 4 is 23.2 Å². The van der Waals surface area contributed by atoms with Gasteiger partial charge in [-0.3, -0.25) is 9.59 Å². The predicted octanol–water partition coefficient (Wildman–Crippen LogP) is 1.57. The van der Waals surface area contributed by atoms with Gasteiger partial charge in [-0.2, -0.15) is 10.2 Å². The third-order valence-corrected chi connectivity index (χ3v) is 3.63. The second-order valence-electron chi connectivity index (χ2n) is 5.62. The van der Waals surface area contributed by atoms with Gasteiger partial charge < -0.3 is 0 Å². The summed E-state index contributed by atoms with van der Waals surface area (Å²) in [6, 6.07) is 0. The number of carbonyl (C=O) groups excluding carboxylic acids is 2. The molecule has 0 unspecified atom stereocenters. The fourth-order valence-electron chi connectivity index (χ4n) is 1.82. The minimum Gasteiger partial charge on any atom is -0.273 e. The molecule has 0 spiro atoms. The molecule has 110 valence electrons. The Bertz CT molecular complexity index is 406. The van der Waals surface area contributed by atoms with Crippen LogP contribution in [0.3, 0.4) is 0 Å². The number of nitrogens with zero attached hydrogens (tertiary/aromatic N) is 2. The van der Waals surface area contributed by atoms with Crippen LogP contribution in [0.4, 0.5) is 0 Å². The summed E-state index contributed by atoms with van der Waals surface area (Å²) in [6.45, 7) is 3.83. The Labute approximate surface area is 119 Å². The number of hydrogen-bond acceptors (Lipinski definition) is 4. The molecule has 0 aliphatic heterocycles. The quantitative estimate of drug-likeness (QED) is 0.547. The van der Waals surface area contributed by atoms with Crippen molar-refractivity contribution in [1.82, 2.24) is 10.9 Å². The topological polar surface area (TPSA) is 82.9 Å². The lowest BCUT2D eigenvalue weighted by Crippen LogP contribution is -2.24. The molecule has 0 aromatic rings. The van der Waals surface area contributed by atoms with E-state index in [1.807, 2.05) is 13.8 Å². The van der Waals surface area contributed by atoms with Gasteiger partial charge in [0.25, 0.3) is 0 Å². The van der Waals surface area contributed by atoms with Crippen molar-refractivity contribution in [3.8, 4) is 0 Å². The molecule has 6 nitrogen and oxygen atoms in total. The van der Waals surface area contributed by atoms with Crippen LogP contribution in [-0.4, -0.2) is 23.2 Å². The van der Waals surface area contributed by atoms with Gasteiger partial charge in [0.2, 0.25) is 11.8 Å². The molecule has 2 aliphatic rings. The minimum atomic E-state index is -0.233. The van der Waals surface area contributed by atoms with E-state index in [9.17, 15) is 9.59 Å². The van der Waals surface area contributed by atoms with Crippen molar-refractivity contribution in [2.24, 2.45) is 22.0 Å². The summed E-state index contributed by atoms with van der Waals surface area (Å²) in [6.07, 6.45) is 4.90. The van der Waals surface area contributed by atoms with Crippen LogP contribution in [-0.2, 0) is 9.59 Å². The number of rotatable bonds is 7. The SMILES string of the molecule is C/C(=N\NC(=O)CCC(=O)N/N=C(\C)C1CC1)C1CC1. The van der Waals surface area contributed by atoms with Crippen LogP contribution in [0.25, 0.3) is 0 Å². The van der Waals surface area contributed by atoms with Gasteiger partial charge in [0.1, 0.15) is 0 Å². The largest absolute Gasteiger partial charge is 0.273 e. The monoisotopic (exact) mass is 278 g/mol. The summed E-state index contributed by atoms with van der Waals surface area (Å²) in [5.74, 6) is 0.614. The van der Waals surface area contributed by atoms with Crippen molar-refractivity contribution in [1.29, 1.82) is 0 Å². The number of carbonyl (C=O) groups is 2. The average molecular weight is 278 g/mol. The number of nitrogens with one attached hydrogen (secondary N) is 2. The normalized spacial score (nSPS) is 19.7. The van der Waals surface area contributed by atoms with E-state index in [0.29, 0.717) is 11.8 Å². The van der Waals surface area contributed by atoms with E-state index < -0.39 is 0 Å². The number of hydrazone groups is 2. The van der Waals surface area contributed by atoms with Gasteiger partial charge in [0.05, 0.1) is 0 Å². The Morgan fingerprint density at radius 2 is 1.20 bits per heavy atom. The highest BCUT2D eigenvalue weighted by Crippen LogP contribution is 2.30. The molecule has 20 heavy (non-hydrogen) atoms. The standard InChI is InChI=1S/C14H22N4O2/c1-9(11-3-4-11)15-17-13(19)7-8-14(20)18-16-10(2)12-5-6-12/h11-12H,3-8H2,1-2H3,(H,17,19)(H,18,20)/b15-9+,16-10+. The fraction of sp³-hybridized carbons (Fsp3) is 0.714. The first-order valence-electron chi connectivity index (χ1n) is 7.22. The van der Waals surface area contributed by atoms with Crippen LogP contribution in [0.15, 0.2) is 10.2 Å². The highest BCUT2D eigenvalue weighted by Gasteiger charge is 2.25. The highest BCUT2D eigenvalue weighted by molar-refractivity contribution is 5.90. The number of hydrogen-bond donors (Lipinski definition) is 2. The zero-order chi connectivity index (χ0) is 14.5. The smallest absolute Gasteiger partial charge is 0.240 e. The molecule has 6 heteroatoms. The van der Waals surface area contributed by atoms with Crippen LogP contribution in [0.2, 0.25) is 0 Å². The van der Waals surface area contributed by atoms with Gasteiger partial charge in [-0.25, -0.2) is 10.9 Å². The van der Waals surface area contributed by atoms with Gasteiger partial charge in [-0.05, 0) is 51.4 Å². The minimum absolute atomic E-state index is 0.130. The average Bonchev–Trinajstić information content (AvgIpc) is 3.30. The molecular formula is C14H22N4O2. The van der Waals surface area contributed by atoms with Crippen LogP contribution < -0.4 is 10.9 Å². The highest BCUT2D eigenvalue weighted by atomic mass is 16.2. The molecule has 0 radical (unpaired) electrons. The molecule has 0 bridgehead atoms. The van der Waals surface area contributed by atoms with Crippen LogP contribution >= 0.6 is 0 Å². The van der Waals surface area contributed by atoms with E-state index in [2.05, 4.69) is 21.1 Å². The molecule has 2 N–H and O–H groups in total. The van der Waals surface area contributed by atoms with Crippen molar-refractivity contribution in [3.63, 3.8) is 0 Å². The summed E-state index contributed by atoms with van der Waals surface area (Å²) in [4.78, 5) is 23.0. The zero-order valence-corrected chi connectivity index (χ0v) is 12.1.